The molecular weight excluding hydrogens is 374 g/mol. The van der Waals surface area contributed by atoms with Crippen molar-refractivity contribution in [1.29, 1.82) is 0 Å². The third-order valence-electron chi connectivity index (χ3n) is 6.22. The van der Waals surface area contributed by atoms with Gasteiger partial charge < -0.3 is 9.47 Å². The Balaban J connectivity index is 1.85. The molecule has 0 atom stereocenters. The van der Waals surface area contributed by atoms with Crippen LogP contribution in [-0.4, -0.2) is 54.3 Å². The molecule has 0 N–H and O–H groups in total. The molecule has 0 spiro atoms. The number of aromatic nitrogens is 1. The number of carbonyl (C=O) groups excluding carboxylic acids is 1. The number of nitrogens with zero attached hydrogens (tertiary/aromatic N) is 3. The molecule has 0 aliphatic carbocycles. The summed E-state index contributed by atoms with van der Waals surface area (Å²) in [6.45, 7) is 11.2. The van der Waals surface area contributed by atoms with Gasteiger partial charge in [0, 0.05) is 39.4 Å². The number of piperazine rings is 1. The summed E-state index contributed by atoms with van der Waals surface area (Å²) in [5, 5.41) is 0. The molecule has 1 aromatic heterocycles. The minimum atomic E-state index is -3.61. The molecule has 1 aliphatic rings. The highest BCUT2D eigenvalue weighted by Gasteiger charge is 2.33. The van der Waals surface area contributed by atoms with Crippen molar-refractivity contribution in [1.82, 2.24) is 13.8 Å². The van der Waals surface area contributed by atoms with Crippen LogP contribution >= 0.6 is 0 Å². The van der Waals surface area contributed by atoms with Gasteiger partial charge in [0.05, 0.1) is 4.90 Å². The second kappa shape index (κ2) is 7.37. The first-order valence-corrected chi connectivity index (χ1v) is 11.0. The molecule has 1 saturated heterocycles. The van der Waals surface area contributed by atoms with Crippen molar-refractivity contribution < 1.29 is 13.2 Å². The predicted molar refractivity (Wildman–Crippen MR) is 110 cm³/mol. The molecule has 1 aliphatic heterocycles. The highest BCUT2D eigenvalue weighted by atomic mass is 32.2. The molecule has 28 heavy (non-hydrogen) atoms. The number of benzene rings is 1. The quantitative estimate of drug-likeness (QED) is 0.792. The average Bonchev–Trinajstić information content (AvgIpc) is 3.10. The number of hydrogen-bond acceptors (Lipinski definition) is 3. The Morgan fingerprint density at radius 1 is 0.857 bits per heavy atom. The van der Waals surface area contributed by atoms with Gasteiger partial charge in [-0.3, -0.25) is 4.79 Å². The smallest absolute Gasteiger partial charge is 0.270 e. The molecule has 1 amide bonds. The first-order valence-electron chi connectivity index (χ1n) is 9.55. The van der Waals surface area contributed by atoms with Crippen molar-refractivity contribution in [3.8, 4) is 0 Å². The summed E-state index contributed by atoms with van der Waals surface area (Å²) in [6, 6.07) is 3.62. The van der Waals surface area contributed by atoms with Crippen LogP contribution in [0.3, 0.4) is 0 Å². The maximum Gasteiger partial charge on any atom is 0.270 e. The van der Waals surface area contributed by atoms with E-state index in [4.69, 9.17) is 0 Å². The van der Waals surface area contributed by atoms with E-state index in [9.17, 15) is 13.2 Å². The van der Waals surface area contributed by atoms with Gasteiger partial charge in [-0.2, -0.15) is 4.31 Å². The van der Waals surface area contributed by atoms with Crippen molar-refractivity contribution in [3.05, 3.63) is 51.8 Å². The van der Waals surface area contributed by atoms with Crippen molar-refractivity contribution in [2.45, 2.75) is 39.5 Å². The minimum absolute atomic E-state index is 0.0565. The summed E-state index contributed by atoms with van der Waals surface area (Å²) in [4.78, 5) is 14.8. The zero-order valence-electron chi connectivity index (χ0n) is 17.5. The number of amides is 1. The standard InChI is InChI=1S/C21H29N3O3S/c1-14-15(2)17(4)20(18(5)16(14)3)28(26,27)24-12-10-23(11-13-24)21(25)19-8-7-9-22(19)6/h7-9H,10-13H2,1-6H3. The molecule has 0 radical (unpaired) electrons. The van der Waals surface area contributed by atoms with Crippen LogP contribution in [0.4, 0.5) is 0 Å². The zero-order valence-corrected chi connectivity index (χ0v) is 18.4. The van der Waals surface area contributed by atoms with Gasteiger partial charge in [0.2, 0.25) is 10.0 Å². The summed E-state index contributed by atoms with van der Waals surface area (Å²) < 4.78 is 30.2. The van der Waals surface area contributed by atoms with Crippen molar-refractivity contribution >= 4 is 15.9 Å². The van der Waals surface area contributed by atoms with Crippen LogP contribution in [0.25, 0.3) is 0 Å². The number of rotatable bonds is 3. The van der Waals surface area contributed by atoms with Crippen LogP contribution in [0.15, 0.2) is 23.2 Å². The molecule has 2 aromatic rings. The summed E-state index contributed by atoms with van der Waals surface area (Å²) in [7, 11) is -1.77. The van der Waals surface area contributed by atoms with Gasteiger partial charge in [-0.1, -0.05) is 0 Å². The average molecular weight is 404 g/mol. The third-order valence-corrected chi connectivity index (χ3v) is 8.39. The minimum Gasteiger partial charge on any atom is -0.347 e. The summed E-state index contributed by atoms with van der Waals surface area (Å²) in [5.74, 6) is -0.0565. The molecule has 3 rings (SSSR count). The highest BCUT2D eigenvalue weighted by molar-refractivity contribution is 7.89. The topological polar surface area (TPSA) is 62.6 Å². The first kappa shape index (κ1) is 20.6. The Morgan fingerprint density at radius 3 is 1.82 bits per heavy atom. The van der Waals surface area contributed by atoms with Crippen LogP contribution in [0.5, 0.6) is 0 Å². The zero-order chi connectivity index (χ0) is 20.8. The van der Waals surface area contributed by atoms with E-state index in [0.29, 0.717) is 36.8 Å². The van der Waals surface area contributed by atoms with Crippen LogP contribution in [0.2, 0.25) is 0 Å². The third kappa shape index (κ3) is 3.26. The molecule has 0 saturated carbocycles. The maximum atomic E-state index is 13.4. The van der Waals surface area contributed by atoms with Gasteiger partial charge in [0.15, 0.2) is 0 Å². The van der Waals surface area contributed by atoms with E-state index >= 15 is 0 Å². The van der Waals surface area contributed by atoms with Crippen molar-refractivity contribution in [2.75, 3.05) is 26.2 Å². The molecule has 152 valence electrons. The molecular formula is C21H29N3O3S. The Labute approximate surface area is 167 Å². The van der Waals surface area contributed by atoms with Gasteiger partial charge in [-0.25, -0.2) is 8.42 Å². The Hall–Kier alpha value is -2.12. The molecule has 1 fully saturated rings. The van der Waals surface area contributed by atoms with Crippen molar-refractivity contribution in [2.24, 2.45) is 7.05 Å². The van der Waals surface area contributed by atoms with E-state index in [2.05, 4.69) is 0 Å². The second-order valence-corrected chi connectivity index (χ2v) is 9.53. The molecule has 0 unspecified atom stereocenters. The van der Waals surface area contributed by atoms with E-state index in [1.165, 1.54) is 4.31 Å². The summed E-state index contributed by atoms with van der Waals surface area (Å²) in [6.07, 6.45) is 1.83. The summed E-state index contributed by atoms with van der Waals surface area (Å²) >= 11 is 0. The predicted octanol–water partition coefficient (Wildman–Crippen LogP) is 2.71. The van der Waals surface area contributed by atoms with E-state index in [-0.39, 0.29) is 5.91 Å². The van der Waals surface area contributed by atoms with E-state index in [1.807, 2.05) is 53.9 Å². The Bertz CT molecular complexity index is 1000. The molecule has 2 heterocycles. The summed E-state index contributed by atoms with van der Waals surface area (Å²) in [5.41, 5.74) is 5.46. The lowest BCUT2D eigenvalue weighted by Crippen LogP contribution is -2.51. The van der Waals surface area contributed by atoms with Gasteiger partial charge in [-0.15, -0.1) is 0 Å². The van der Waals surface area contributed by atoms with Crippen LogP contribution in [0.1, 0.15) is 38.3 Å². The largest absolute Gasteiger partial charge is 0.347 e. The molecule has 6 nitrogen and oxygen atoms in total. The van der Waals surface area contributed by atoms with Crippen LogP contribution < -0.4 is 0 Å². The lowest BCUT2D eigenvalue weighted by Gasteiger charge is -2.35. The highest BCUT2D eigenvalue weighted by Crippen LogP contribution is 2.32. The molecule has 1 aromatic carbocycles. The molecule has 7 heteroatoms. The fraction of sp³-hybridized carbons (Fsp3) is 0.476. The fourth-order valence-electron chi connectivity index (χ4n) is 3.96. The van der Waals surface area contributed by atoms with Crippen LogP contribution in [0, 0.1) is 34.6 Å². The monoisotopic (exact) mass is 403 g/mol. The number of sulfonamides is 1. The lowest BCUT2D eigenvalue weighted by molar-refractivity contribution is 0.0688. The first-order chi connectivity index (χ1) is 13.1. The van der Waals surface area contributed by atoms with Gasteiger partial charge >= 0.3 is 0 Å². The molecule has 0 bridgehead atoms. The SMILES string of the molecule is Cc1c(C)c(C)c(S(=O)(=O)N2CCN(C(=O)c3cccn3C)CC2)c(C)c1C. The fourth-order valence-corrected chi connectivity index (χ4v) is 5.94. The lowest BCUT2D eigenvalue weighted by atomic mass is 9.95. The number of hydrogen-bond donors (Lipinski definition) is 0. The van der Waals surface area contributed by atoms with Crippen LogP contribution in [-0.2, 0) is 17.1 Å². The van der Waals surface area contributed by atoms with Crippen molar-refractivity contribution in [3.63, 3.8) is 0 Å². The number of carbonyl (C=O) groups is 1. The van der Waals surface area contributed by atoms with E-state index in [1.54, 1.807) is 15.5 Å². The number of aryl methyl sites for hydroxylation is 1. The van der Waals surface area contributed by atoms with Gasteiger partial charge in [0.1, 0.15) is 5.69 Å². The normalized spacial score (nSPS) is 15.9. The maximum absolute atomic E-state index is 13.4. The second-order valence-electron chi connectivity index (χ2n) is 7.65. The van der Waals surface area contributed by atoms with E-state index in [0.717, 1.165) is 27.8 Å². The van der Waals surface area contributed by atoms with Gasteiger partial charge in [0.25, 0.3) is 5.91 Å². The van der Waals surface area contributed by atoms with E-state index < -0.39 is 10.0 Å². The Morgan fingerprint density at radius 2 is 1.36 bits per heavy atom. The Kier molecular flexibility index (Phi) is 5.42. The van der Waals surface area contributed by atoms with Gasteiger partial charge in [-0.05, 0) is 74.6 Å².